The van der Waals surface area contributed by atoms with E-state index in [0.717, 1.165) is 0 Å². The smallest absolute Gasteiger partial charge is 0.362 e. The third-order valence-electron chi connectivity index (χ3n) is 4.06. The number of hydrogen-bond acceptors (Lipinski definition) is 7. The number of nitrogens with zero attached hydrogens (tertiary/aromatic N) is 3. The molecule has 0 unspecified atom stereocenters. The number of carbonyl (C=O) groups is 1. The summed E-state index contributed by atoms with van der Waals surface area (Å²) in [5.41, 5.74) is -0.515. The van der Waals surface area contributed by atoms with Gasteiger partial charge in [0, 0.05) is 15.8 Å². The van der Waals surface area contributed by atoms with Crippen LogP contribution in [0.25, 0.3) is 5.70 Å². The van der Waals surface area contributed by atoms with Crippen molar-refractivity contribution in [3.63, 3.8) is 0 Å². The summed E-state index contributed by atoms with van der Waals surface area (Å²) >= 11 is 6.10. The van der Waals surface area contributed by atoms with Gasteiger partial charge in [0.25, 0.3) is 0 Å². The van der Waals surface area contributed by atoms with Gasteiger partial charge in [0.15, 0.2) is 0 Å². The summed E-state index contributed by atoms with van der Waals surface area (Å²) in [6.07, 6.45) is -0.484. The fourth-order valence-corrected chi connectivity index (χ4v) is 3.05. The maximum atomic E-state index is 14.5. The molecule has 2 aromatic rings. The Morgan fingerprint density at radius 3 is 2.69 bits per heavy atom. The zero-order valence-corrected chi connectivity index (χ0v) is 16.4. The Morgan fingerprint density at radius 2 is 2.03 bits per heavy atom. The Hall–Kier alpha value is -3.10. The second-order valence-electron chi connectivity index (χ2n) is 6.50. The molecular formula is C20H17ClFN3O4. The normalized spacial score (nSPS) is 15.4. The van der Waals surface area contributed by atoms with Crippen molar-refractivity contribution in [1.29, 1.82) is 0 Å². The third-order valence-corrected chi connectivity index (χ3v) is 4.29. The second kappa shape index (κ2) is 8.50. The molecular weight excluding hydrogens is 401 g/mol. The van der Waals surface area contributed by atoms with Crippen molar-refractivity contribution in [3.05, 3.63) is 85.7 Å². The lowest BCUT2D eigenvalue weighted by molar-refractivity contribution is -0.142. The first-order valence-electron chi connectivity index (χ1n) is 8.69. The van der Waals surface area contributed by atoms with Crippen LogP contribution >= 0.6 is 11.6 Å². The quantitative estimate of drug-likeness (QED) is 0.469. The lowest BCUT2D eigenvalue weighted by atomic mass is 10.1. The van der Waals surface area contributed by atoms with E-state index in [0.29, 0.717) is 15.3 Å². The van der Waals surface area contributed by atoms with Crippen LogP contribution in [-0.2, 0) is 9.53 Å². The van der Waals surface area contributed by atoms with Gasteiger partial charge in [-0.15, -0.1) is 4.91 Å². The number of ether oxygens (including phenoxy) is 1. The molecule has 0 aromatic heterocycles. The molecule has 1 N–H and O–H groups in total. The Labute approximate surface area is 170 Å². The van der Waals surface area contributed by atoms with Crippen molar-refractivity contribution in [2.75, 3.05) is 6.54 Å². The fraction of sp³-hybridized carbons (Fsp3) is 0.200. The van der Waals surface area contributed by atoms with Gasteiger partial charge >= 0.3 is 5.97 Å². The maximum absolute atomic E-state index is 14.5. The highest BCUT2D eigenvalue weighted by atomic mass is 35.5. The molecule has 3 rings (SSSR count). The summed E-state index contributed by atoms with van der Waals surface area (Å²) in [4.78, 5) is 27.9. The summed E-state index contributed by atoms with van der Waals surface area (Å²) in [6, 6.07) is 10.5. The van der Waals surface area contributed by atoms with Gasteiger partial charge in [-0.1, -0.05) is 23.7 Å². The number of hydrogen-bond donors (Lipinski definition) is 1. The summed E-state index contributed by atoms with van der Waals surface area (Å²) in [5, 5.41) is 15.1. The number of fused-ring (bicyclic) bond motifs is 1. The SMILES string of the molecule is CC(C)OC(=O)/C(N=O)=C1/CN(O)C(c2ccccc2F)=c2cc(Cl)ccc2=N1. The predicted molar refractivity (Wildman–Crippen MR) is 104 cm³/mol. The monoisotopic (exact) mass is 417 g/mol. The first-order valence-corrected chi connectivity index (χ1v) is 9.07. The molecule has 0 bridgehead atoms. The van der Waals surface area contributed by atoms with Crippen LogP contribution in [0.1, 0.15) is 19.4 Å². The summed E-state index contributed by atoms with van der Waals surface area (Å²) in [6.45, 7) is 2.84. The highest BCUT2D eigenvalue weighted by molar-refractivity contribution is 6.30. The molecule has 0 aliphatic carbocycles. The number of nitroso groups, excluding NO2 is 1. The van der Waals surface area contributed by atoms with Crippen LogP contribution in [0, 0.1) is 10.7 Å². The number of benzene rings is 2. The van der Waals surface area contributed by atoms with Crippen LogP contribution in [0.2, 0.25) is 5.02 Å². The minimum atomic E-state index is -0.966. The van der Waals surface area contributed by atoms with E-state index in [-0.39, 0.29) is 22.3 Å². The van der Waals surface area contributed by atoms with Crippen LogP contribution in [0.4, 0.5) is 4.39 Å². The van der Waals surface area contributed by atoms with E-state index in [4.69, 9.17) is 16.3 Å². The highest BCUT2D eigenvalue weighted by Gasteiger charge is 2.25. The lowest BCUT2D eigenvalue weighted by Crippen LogP contribution is -2.32. The molecule has 0 saturated heterocycles. The van der Waals surface area contributed by atoms with Crippen molar-refractivity contribution in [1.82, 2.24) is 5.06 Å². The van der Waals surface area contributed by atoms with Crippen molar-refractivity contribution in [3.8, 4) is 0 Å². The topological polar surface area (TPSA) is 91.6 Å². The molecule has 0 radical (unpaired) electrons. The average Bonchev–Trinajstić information content (AvgIpc) is 2.78. The summed E-state index contributed by atoms with van der Waals surface area (Å²) in [5.74, 6) is -1.54. The minimum Gasteiger partial charge on any atom is -0.458 e. The molecule has 0 fully saturated rings. The predicted octanol–water partition coefficient (Wildman–Crippen LogP) is 2.89. The molecule has 0 spiro atoms. The van der Waals surface area contributed by atoms with Crippen LogP contribution in [0.3, 0.4) is 0 Å². The van der Waals surface area contributed by atoms with Gasteiger partial charge in [-0.3, -0.25) is 5.21 Å². The number of halogens is 2. The average molecular weight is 418 g/mol. The Morgan fingerprint density at radius 1 is 1.31 bits per heavy atom. The maximum Gasteiger partial charge on any atom is 0.362 e. The number of hydroxylamine groups is 2. The van der Waals surface area contributed by atoms with Crippen LogP contribution in [0.5, 0.6) is 0 Å². The Kier molecular flexibility index (Phi) is 6.05. The number of carbonyl (C=O) groups excluding carboxylic acids is 1. The largest absolute Gasteiger partial charge is 0.458 e. The Bertz CT molecular complexity index is 1130. The fourth-order valence-electron chi connectivity index (χ4n) is 2.88. The van der Waals surface area contributed by atoms with E-state index in [9.17, 15) is 19.3 Å². The molecule has 1 aliphatic heterocycles. The minimum absolute atomic E-state index is 0.0850. The third kappa shape index (κ3) is 4.33. The Balaban J connectivity index is 2.33. The molecule has 1 aliphatic rings. The number of rotatable bonds is 4. The van der Waals surface area contributed by atoms with Gasteiger partial charge in [0.05, 0.1) is 29.4 Å². The van der Waals surface area contributed by atoms with Crippen molar-refractivity contribution in [2.24, 2.45) is 10.2 Å². The van der Waals surface area contributed by atoms with Crippen molar-refractivity contribution >= 4 is 23.3 Å². The molecule has 7 nitrogen and oxygen atoms in total. The standard InChI is InChI=1S/C20H17ClFN3O4/c1-11(2)29-20(26)18(24-27)17-10-25(28)19(13-5-3-4-6-15(13)22)14-9-12(21)7-8-16(14)23-17/h3-9,11,28H,10H2,1-2H3/b18-17+. The molecule has 0 atom stereocenters. The van der Waals surface area contributed by atoms with E-state index in [1.165, 1.54) is 30.3 Å². The van der Waals surface area contributed by atoms with Gasteiger partial charge in [-0.25, -0.2) is 19.2 Å². The molecule has 0 saturated carbocycles. The van der Waals surface area contributed by atoms with E-state index < -0.39 is 30.1 Å². The zero-order valence-electron chi connectivity index (χ0n) is 15.6. The van der Waals surface area contributed by atoms with Gasteiger partial charge in [-0.05, 0) is 49.4 Å². The second-order valence-corrected chi connectivity index (χ2v) is 6.94. The van der Waals surface area contributed by atoms with Crippen molar-refractivity contribution < 1.29 is 19.1 Å². The van der Waals surface area contributed by atoms with Gasteiger partial charge in [0.2, 0.25) is 5.70 Å². The summed E-state index contributed by atoms with van der Waals surface area (Å²) < 4.78 is 19.5. The summed E-state index contributed by atoms with van der Waals surface area (Å²) in [7, 11) is 0. The molecule has 29 heavy (non-hydrogen) atoms. The van der Waals surface area contributed by atoms with E-state index >= 15 is 0 Å². The molecule has 1 heterocycles. The van der Waals surface area contributed by atoms with Crippen molar-refractivity contribution in [2.45, 2.75) is 20.0 Å². The molecule has 2 aromatic carbocycles. The lowest BCUT2D eigenvalue weighted by Gasteiger charge is -2.20. The first kappa shape index (κ1) is 20.6. The highest BCUT2D eigenvalue weighted by Crippen LogP contribution is 2.22. The molecule has 9 heteroatoms. The van der Waals surface area contributed by atoms with E-state index in [2.05, 4.69) is 10.2 Å². The van der Waals surface area contributed by atoms with Gasteiger partial charge in [-0.2, -0.15) is 0 Å². The molecule has 0 amide bonds. The number of esters is 1. The van der Waals surface area contributed by atoms with Crippen LogP contribution in [0.15, 0.2) is 64.0 Å². The first-order chi connectivity index (χ1) is 13.8. The van der Waals surface area contributed by atoms with E-state index in [1.807, 2.05) is 0 Å². The van der Waals surface area contributed by atoms with Crippen LogP contribution in [-0.4, -0.2) is 28.9 Å². The molecule has 150 valence electrons. The van der Waals surface area contributed by atoms with Gasteiger partial charge in [0.1, 0.15) is 5.82 Å². The zero-order chi connectivity index (χ0) is 21.1. The van der Waals surface area contributed by atoms with Gasteiger partial charge < -0.3 is 4.74 Å². The van der Waals surface area contributed by atoms with E-state index in [1.54, 1.807) is 26.0 Å². The van der Waals surface area contributed by atoms with Crippen LogP contribution < -0.4 is 10.6 Å².